The molecule has 9 nitrogen and oxygen atoms in total. The standard InChI is InChI=1S/C27H35N5O4/c1-26(2)11-21(26)25(35)31-17-27(18-31)16-30(15-22(27)23(33)28-9-10-36-3)24(34)20-12-29-32(14-20)13-19-7-5-4-6-8-19/h4-8,12,14,21-22H,9-11,13,15-18H2,1-3H3,(H,28,33)/t21-,22+/m1/s1. The van der Waals surface area contributed by atoms with Gasteiger partial charge in [0.05, 0.1) is 30.8 Å². The van der Waals surface area contributed by atoms with Crippen molar-refractivity contribution in [3.63, 3.8) is 0 Å². The van der Waals surface area contributed by atoms with Crippen LogP contribution in [0.2, 0.25) is 0 Å². The second kappa shape index (κ2) is 9.35. The molecule has 3 amide bonds. The Balaban J connectivity index is 1.28. The maximum Gasteiger partial charge on any atom is 0.257 e. The Labute approximate surface area is 211 Å². The lowest BCUT2D eigenvalue weighted by Crippen LogP contribution is -2.64. The average Bonchev–Trinajstić information content (AvgIpc) is 3.18. The lowest BCUT2D eigenvalue weighted by molar-refractivity contribution is -0.151. The van der Waals surface area contributed by atoms with Crippen LogP contribution in [0.25, 0.3) is 0 Å². The molecule has 3 aliphatic rings. The molecule has 2 aromatic rings. The molecule has 192 valence electrons. The number of hydrogen-bond donors (Lipinski definition) is 1. The van der Waals surface area contributed by atoms with Crippen LogP contribution in [0, 0.1) is 22.7 Å². The van der Waals surface area contributed by atoms with E-state index in [1.165, 1.54) is 0 Å². The summed E-state index contributed by atoms with van der Waals surface area (Å²) in [6.07, 6.45) is 4.27. The van der Waals surface area contributed by atoms with Gasteiger partial charge >= 0.3 is 0 Å². The van der Waals surface area contributed by atoms with Crippen molar-refractivity contribution < 1.29 is 19.1 Å². The maximum atomic E-state index is 13.4. The van der Waals surface area contributed by atoms with Gasteiger partial charge in [0.15, 0.2) is 0 Å². The van der Waals surface area contributed by atoms with E-state index in [-0.39, 0.29) is 35.0 Å². The van der Waals surface area contributed by atoms with E-state index < -0.39 is 5.41 Å². The van der Waals surface area contributed by atoms with Gasteiger partial charge in [-0.25, -0.2) is 0 Å². The lowest BCUT2D eigenvalue weighted by atomic mass is 9.71. The molecular weight excluding hydrogens is 458 g/mol. The minimum atomic E-state index is -0.415. The highest BCUT2D eigenvalue weighted by atomic mass is 16.5. The molecule has 1 aromatic carbocycles. The predicted octanol–water partition coefficient (Wildman–Crippen LogP) is 1.64. The van der Waals surface area contributed by atoms with Crippen LogP contribution in [0.3, 0.4) is 0 Å². The van der Waals surface area contributed by atoms with Crippen LogP contribution in [-0.4, -0.2) is 83.7 Å². The maximum absolute atomic E-state index is 13.4. The molecule has 1 spiro atoms. The van der Waals surface area contributed by atoms with Gasteiger partial charge < -0.3 is 19.9 Å². The number of benzene rings is 1. The zero-order valence-corrected chi connectivity index (χ0v) is 21.3. The highest BCUT2D eigenvalue weighted by Crippen LogP contribution is 2.54. The number of methoxy groups -OCH3 is 1. The number of nitrogens with zero attached hydrogens (tertiary/aromatic N) is 4. The number of rotatable bonds is 8. The molecule has 9 heteroatoms. The van der Waals surface area contributed by atoms with Crippen LogP contribution in [0.5, 0.6) is 0 Å². The fraction of sp³-hybridized carbons (Fsp3) is 0.556. The van der Waals surface area contributed by atoms with Crippen molar-refractivity contribution in [1.29, 1.82) is 0 Å². The molecule has 0 unspecified atom stereocenters. The van der Waals surface area contributed by atoms with Gasteiger partial charge in [-0.05, 0) is 17.4 Å². The summed E-state index contributed by atoms with van der Waals surface area (Å²) >= 11 is 0. The van der Waals surface area contributed by atoms with E-state index in [0.29, 0.717) is 51.4 Å². The van der Waals surface area contributed by atoms with Gasteiger partial charge in [-0.2, -0.15) is 5.10 Å². The summed E-state index contributed by atoms with van der Waals surface area (Å²) in [6, 6.07) is 9.96. The smallest absolute Gasteiger partial charge is 0.257 e. The van der Waals surface area contributed by atoms with E-state index in [4.69, 9.17) is 4.74 Å². The number of amides is 3. The normalized spacial score (nSPS) is 23.4. The molecule has 2 saturated heterocycles. The summed E-state index contributed by atoms with van der Waals surface area (Å²) in [6.45, 7) is 7.47. The van der Waals surface area contributed by atoms with Crippen molar-refractivity contribution >= 4 is 17.7 Å². The molecule has 2 aliphatic heterocycles. The van der Waals surface area contributed by atoms with Gasteiger partial charge in [0.25, 0.3) is 5.91 Å². The minimum Gasteiger partial charge on any atom is -0.383 e. The second-order valence-electron chi connectivity index (χ2n) is 11.2. The fourth-order valence-electron chi connectivity index (χ4n) is 5.70. The van der Waals surface area contributed by atoms with E-state index in [2.05, 4.69) is 24.3 Å². The molecule has 1 aliphatic carbocycles. The van der Waals surface area contributed by atoms with Crippen LogP contribution >= 0.6 is 0 Å². The van der Waals surface area contributed by atoms with Gasteiger partial charge in [-0.15, -0.1) is 0 Å². The number of ether oxygens (including phenoxy) is 1. The van der Waals surface area contributed by atoms with E-state index in [1.54, 1.807) is 29.1 Å². The first-order valence-corrected chi connectivity index (χ1v) is 12.6. The Kier molecular flexibility index (Phi) is 6.36. The van der Waals surface area contributed by atoms with Gasteiger partial charge in [0.2, 0.25) is 11.8 Å². The topological polar surface area (TPSA) is 96.8 Å². The number of likely N-dealkylation sites (tertiary alicyclic amines) is 2. The van der Waals surface area contributed by atoms with E-state index in [0.717, 1.165) is 12.0 Å². The highest BCUT2D eigenvalue weighted by Gasteiger charge is 2.61. The van der Waals surface area contributed by atoms with Gasteiger partial charge in [0.1, 0.15) is 0 Å². The molecule has 3 fully saturated rings. The van der Waals surface area contributed by atoms with Crippen LogP contribution in [0.15, 0.2) is 42.7 Å². The summed E-state index contributed by atoms with van der Waals surface area (Å²) < 4.78 is 6.82. The molecule has 1 N–H and O–H groups in total. The Morgan fingerprint density at radius 1 is 1.08 bits per heavy atom. The van der Waals surface area contributed by atoms with Crippen molar-refractivity contribution in [2.75, 3.05) is 46.4 Å². The summed E-state index contributed by atoms with van der Waals surface area (Å²) in [5.41, 5.74) is 1.26. The van der Waals surface area contributed by atoms with Gasteiger partial charge in [-0.3, -0.25) is 19.1 Å². The Hall–Kier alpha value is -3.20. The van der Waals surface area contributed by atoms with Crippen LogP contribution in [0.1, 0.15) is 36.2 Å². The SMILES string of the molecule is COCCNC(=O)[C@@H]1CN(C(=O)c2cnn(Cc3ccccc3)c2)CC12CN(C(=O)[C@H]1CC1(C)C)C2. The van der Waals surface area contributed by atoms with Crippen LogP contribution in [0.4, 0.5) is 0 Å². The Morgan fingerprint density at radius 3 is 2.44 bits per heavy atom. The summed E-state index contributed by atoms with van der Waals surface area (Å²) in [5.74, 6) is -0.335. The molecule has 0 bridgehead atoms. The molecule has 2 atom stereocenters. The van der Waals surface area contributed by atoms with E-state index in [9.17, 15) is 14.4 Å². The van der Waals surface area contributed by atoms with Crippen LogP contribution in [-0.2, 0) is 20.9 Å². The molecule has 1 aromatic heterocycles. The van der Waals surface area contributed by atoms with E-state index in [1.807, 2.05) is 35.2 Å². The largest absolute Gasteiger partial charge is 0.383 e. The highest BCUT2D eigenvalue weighted by molar-refractivity contribution is 5.95. The summed E-state index contributed by atoms with van der Waals surface area (Å²) in [4.78, 5) is 43.1. The number of nitrogens with one attached hydrogen (secondary N) is 1. The van der Waals surface area contributed by atoms with Crippen molar-refractivity contribution in [2.24, 2.45) is 22.7 Å². The molecule has 0 radical (unpaired) electrons. The van der Waals surface area contributed by atoms with Crippen molar-refractivity contribution in [2.45, 2.75) is 26.8 Å². The summed E-state index contributed by atoms with van der Waals surface area (Å²) in [7, 11) is 1.59. The zero-order valence-electron chi connectivity index (χ0n) is 21.3. The minimum absolute atomic E-state index is 0.0638. The predicted molar refractivity (Wildman–Crippen MR) is 133 cm³/mol. The molecular formula is C27H35N5O4. The quantitative estimate of drug-likeness (QED) is 0.564. The Bertz CT molecular complexity index is 1140. The average molecular weight is 494 g/mol. The lowest BCUT2D eigenvalue weighted by Gasteiger charge is -2.50. The third kappa shape index (κ3) is 4.64. The number of carbonyl (C=O) groups excluding carboxylic acids is 3. The number of hydrogen-bond acceptors (Lipinski definition) is 5. The number of aromatic nitrogens is 2. The third-order valence-electron chi connectivity index (χ3n) is 8.06. The molecule has 3 heterocycles. The van der Waals surface area contributed by atoms with Crippen LogP contribution < -0.4 is 5.32 Å². The van der Waals surface area contributed by atoms with Gasteiger partial charge in [-0.1, -0.05) is 44.2 Å². The first kappa shape index (κ1) is 24.5. The Morgan fingerprint density at radius 2 is 1.78 bits per heavy atom. The monoisotopic (exact) mass is 493 g/mol. The molecule has 36 heavy (non-hydrogen) atoms. The zero-order chi connectivity index (χ0) is 25.5. The second-order valence-corrected chi connectivity index (χ2v) is 11.2. The third-order valence-corrected chi connectivity index (χ3v) is 8.06. The summed E-state index contributed by atoms with van der Waals surface area (Å²) in [5, 5.41) is 7.33. The number of carbonyl (C=O) groups is 3. The molecule has 1 saturated carbocycles. The fourth-order valence-corrected chi connectivity index (χ4v) is 5.70. The first-order valence-electron chi connectivity index (χ1n) is 12.6. The van der Waals surface area contributed by atoms with Crippen molar-refractivity contribution in [3.05, 3.63) is 53.9 Å². The molecule has 5 rings (SSSR count). The van der Waals surface area contributed by atoms with Crippen molar-refractivity contribution in [1.82, 2.24) is 24.9 Å². The van der Waals surface area contributed by atoms with E-state index >= 15 is 0 Å². The van der Waals surface area contributed by atoms with Gasteiger partial charge in [0, 0.05) is 57.4 Å². The first-order chi connectivity index (χ1) is 17.2. The van der Waals surface area contributed by atoms with Crippen molar-refractivity contribution in [3.8, 4) is 0 Å².